The number of nitrogens with one attached hydrogen (secondary N) is 1. The second-order valence-electron chi connectivity index (χ2n) is 5.55. The third-order valence-electron chi connectivity index (χ3n) is 3.93. The van der Waals surface area contributed by atoms with Crippen LogP contribution in [0.4, 0.5) is 0 Å². The molecule has 122 valence electrons. The number of carbonyl (C=O) groups excluding carboxylic acids is 1. The standard InChI is InChI=1S/C15H21ClN2O3S/c1-3-11(2)17-15(19)14-5-4-10-18(14)22(20,21)13-8-6-12(16)7-9-13/h6-9,11,14H,3-5,10H2,1-2H3,(H,17,19)/t11-,14+/m0/s1. The molecule has 0 saturated carbocycles. The summed E-state index contributed by atoms with van der Waals surface area (Å²) in [6, 6.07) is 5.43. The van der Waals surface area contributed by atoms with E-state index in [-0.39, 0.29) is 16.8 Å². The topological polar surface area (TPSA) is 66.5 Å². The summed E-state index contributed by atoms with van der Waals surface area (Å²) in [6.07, 6.45) is 2.04. The Morgan fingerprint density at radius 1 is 1.41 bits per heavy atom. The van der Waals surface area contributed by atoms with Crippen molar-refractivity contribution in [2.24, 2.45) is 0 Å². The summed E-state index contributed by atoms with van der Waals surface area (Å²) in [5.41, 5.74) is 0. The molecule has 2 atom stereocenters. The Labute approximate surface area is 136 Å². The molecule has 2 rings (SSSR count). The van der Waals surface area contributed by atoms with E-state index >= 15 is 0 Å². The van der Waals surface area contributed by atoms with Gasteiger partial charge in [-0.3, -0.25) is 4.79 Å². The van der Waals surface area contributed by atoms with Crippen molar-refractivity contribution in [3.05, 3.63) is 29.3 Å². The molecule has 1 amide bonds. The van der Waals surface area contributed by atoms with Gasteiger partial charge in [0.05, 0.1) is 4.90 Å². The molecule has 0 spiro atoms. The SMILES string of the molecule is CC[C@H](C)NC(=O)[C@H]1CCCN1S(=O)(=O)c1ccc(Cl)cc1. The summed E-state index contributed by atoms with van der Waals surface area (Å²) >= 11 is 5.80. The Bertz CT molecular complexity index is 631. The van der Waals surface area contributed by atoms with Gasteiger partial charge in [0.1, 0.15) is 6.04 Å². The average Bonchev–Trinajstić information content (AvgIpc) is 2.97. The minimum absolute atomic E-state index is 0.0354. The molecule has 1 N–H and O–H groups in total. The average molecular weight is 345 g/mol. The third-order valence-corrected chi connectivity index (χ3v) is 6.10. The maximum Gasteiger partial charge on any atom is 0.243 e. The van der Waals surface area contributed by atoms with Crippen molar-refractivity contribution in [1.82, 2.24) is 9.62 Å². The molecule has 0 radical (unpaired) electrons. The van der Waals surface area contributed by atoms with Gasteiger partial charge in [-0.1, -0.05) is 18.5 Å². The molecule has 0 aliphatic carbocycles. The molecular weight excluding hydrogens is 324 g/mol. The Balaban J connectivity index is 2.22. The van der Waals surface area contributed by atoms with Crippen molar-refractivity contribution in [3.63, 3.8) is 0 Å². The van der Waals surface area contributed by atoms with Crippen molar-refractivity contribution in [3.8, 4) is 0 Å². The van der Waals surface area contributed by atoms with E-state index in [2.05, 4.69) is 5.32 Å². The van der Waals surface area contributed by atoms with E-state index in [1.807, 2.05) is 13.8 Å². The fourth-order valence-corrected chi connectivity index (χ4v) is 4.26. The minimum Gasteiger partial charge on any atom is -0.352 e. The lowest BCUT2D eigenvalue weighted by atomic mass is 10.2. The number of carbonyl (C=O) groups is 1. The van der Waals surface area contributed by atoms with Crippen LogP contribution in [0.25, 0.3) is 0 Å². The van der Waals surface area contributed by atoms with E-state index in [1.54, 1.807) is 12.1 Å². The Morgan fingerprint density at radius 2 is 2.05 bits per heavy atom. The van der Waals surface area contributed by atoms with E-state index in [1.165, 1.54) is 16.4 Å². The van der Waals surface area contributed by atoms with Crippen molar-refractivity contribution in [1.29, 1.82) is 0 Å². The highest BCUT2D eigenvalue weighted by molar-refractivity contribution is 7.89. The molecule has 5 nitrogen and oxygen atoms in total. The molecule has 1 aromatic carbocycles. The smallest absolute Gasteiger partial charge is 0.243 e. The van der Waals surface area contributed by atoms with Gasteiger partial charge in [0.25, 0.3) is 0 Å². The van der Waals surface area contributed by atoms with Crippen LogP contribution in [-0.4, -0.2) is 37.3 Å². The van der Waals surface area contributed by atoms with Crippen LogP contribution in [0, 0.1) is 0 Å². The maximum absolute atomic E-state index is 12.7. The molecule has 1 aromatic rings. The molecule has 0 unspecified atom stereocenters. The van der Waals surface area contributed by atoms with Gasteiger partial charge in [-0.25, -0.2) is 8.42 Å². The van der Waals surface area contributed by atoms with Gasteiger partial charge in [0, 0.05) is 17.6 Å². The van der Waals surface area contributed by atoms with Gasteiger partial charge in [-0.15, -0.1) is 0 Å². The molecule has 7 heteroatoms. The zero-order chi connectivity index (χ0) is 16.3. The van der Waals surface area contributed by atoms with E-state index in [0.717, 1.165) is 6.42 Å². The molecule has 1 aliphatic heterocycles. The van der Waals surface area contributed by atoms with Gasteiger partial charge in [0.15, 0.2) is 0 Å². The van der Waals surface area contributed by atoms with Gasteiger partial charge < -0.3 is 5.32 Å². The fourth-order valence-electron chi connectivity index (χ4n) is 2.47. The summed E-state index contributed by atoms with van der Waals surface area (Å²) in [6.45, 7) is 4.25. The Hall–Kier alpha value is -1.11. The lowest BCUT2D eigenvalue weighted by Crippen LogP contribution is -2.48. The van der Waals surface area contributed by atoms with Crippen LogP contribution in [0.15, 0.2) is 29.2 Å². The van der Waals surface area contributed by atoms with Crippen LogP contribution in [-0.2, 0) is 14.8 Å². The molecule has 22 heavy (non-hydrogen) atoms. The number of benzene rings is 1. The van der Waals surface area contributed by atoms with Crippen LogP contribution >= 0.6 is 11.6 Å². The highest BCUT2D eigenvalue weighted by atomic mass is 35.5. The van der Waals surface area contributed by atoms with Crippen molar-refractivity contribution >= 4 is 27.5 Å². The van der Waals surface area contributed by atoms with Gasteiger partial charge in [0.2, 0.25) is 15.9 Å². The van der Waals surface area contributed by atoms with Crippen LogP contribution in [0.2, 0.25) is 5.02 Å². The van der Waals surface area contributed by atoms with Gasteiger partial charge in [-0.05, 0) is 50.5 Å². The Kier molecular flexibility index (Phi) is 5.47. The largest absolute Gasteiger partial charge is 0.352 e. The number of hydrogen-bond donors (Lipinski definition) is 1. The normalized spacial score (nSPS) is 20.8. The predicted molar refractivity (Wildman–Crippen MR) is 86.3 cm³/mol. The summed E-state index contributed by atoms with van der Waals surface area (Å²) < 4.78 is 26.7. The monoisotopic (exact) mass is 344 g/mol. The van der Waals surface area contributed by atoms with Crippen molar-refractivity contribution in [2.45, 2.75) is 50.1 Å². The van der Waals surface area contributed by atoms with Crippen molar-refractivity contribution in [2.75, 3.05) is 6.54 Å². The van der Waals surface area contributed by atoms with Gasteiger partial charge in [-0.2, -0.15) is 4.31 Å². The van der Waals surface area contributed by atoms with Crippen molar-refractivity contribution < 1.29 is 13.2 Å². The molecule has 0 aromatic heterocycles. The van der Waals surface area contributed by atoms with Crippen LogP contribution < -0.4 is 5.32 Å². The van der Waals surface area contributed by atoms with E-state index in [9.17, 15) is 13.2 Å². The first kappa shape index (κ1) is 17.2. The van der Waals surface area contributed by atoms with E-state index in [0.29, 0.717) is 24.4 Å². The quantitative estimate of drug-likeness (QED) is 0.892. The first-order chi connectivity index (χ1) is 10.4. The summed E-state index contributed by atoms with van der Waals surface area (Å²) in [5, 5.41) is 3.35. The second kappa shape index (κ2) is 6.98. The van der Waals surface area contributed by atoms with E-state index in [4.69, 9.17) is 11.6 Å². The van der Waals surface area contributed by atoms with E-state index < -0.39 is 16.1 Å². The third kappa shape index (κ3) is 3.62. The molecular formula is C15H21ClN2O3S. The molecule has 1 saturated heterocycles. The number of nitrogens with zero attached hydrogens (tertiary/aromatic N) is 1. The summed E-state index contributed by atoms with van der Waals surface area (Å²) in [4.78, 5) is 12.5. The highest BCUT2D eigenvalue weighted by Gasteiger charge is 2.39. The highest BCUT2D eigenvalue weighted by Crippen LogP contribution is 2.27. The molecule has 1 fully saturated rings. The number of rotatable bonds is 5. The predicted octanol–water partition coefficient (Wildman–Crippen LogP) is 2.41. The van der Waals surface area contributed by atoms with Crippen LogP contribution in [0.5, 0.6) is 0 Å². The molecule has 1 heterocycles. The number of amides is 1. The zero-order valence-electron chi connectivity index (χ0n) is 12.8. The van der Waals surface area contributed by atoms with Crippen LogP contribution in [0.3, 0.4) is 0 Å². The maximum atomic E-state index is 12.7. The first-order valence-electron chi connectivity index (χ1n) is 7.44. The Morgan fingerprint density at radius 3 is 2.64 bits per heavy atom. The molecule has 0 bridgehead atoms. The first-order valence-corrected chi connectivity index (χ1v) is 9.26. The number of halogens is 1. The number of sulfonamides is 1. The zero-order valence-corrected chi connectivity index (χ0v) is 14.3. The summed E-state index contributed by atoms with van der Waals surface area (Å²) in [7, 11) is -3.68. The van der Waals surface area contributed by atoms with Gasteiger partial charge >= 0.3 is 0 Å². The second-order valence-corrected chi connectivity index (χ2v) is 7.87. The lowest BCUT2D eigenvalue weighted by Gasteiger charge is -2.24. The number of hydrogen-bond acceptors (Lipinski definition) is 3. The lowest BCUT2D eigenvalue weighted by molar-refractivity contribution is -0.124. The summed E-state index contributed by atoms with van der Waals surface area (Å²) in [5.74, 6) is -0.218. The van der Waals surface area contributed by atoms with Crippen LogP contribution in [0.1, 0.15) is 33.1 Å². The minimum atomic E-state index is -3.68. The molecule has 1 aliphatic rings. The fraction of sp³-hybridized carbons (Fsp3) is 0.533.